The number of alkyl halides is 3. The molecule has 0 aromatic carbocycles. The van der Waals surface area contributed by atoms with Gasteiger partial charge in [0.2, 0.25) is 0 Å². The Bertz CT molecular complexity index is 415. The molecule has 0 spiro atoms. The molecular formula is C9H7BrClF2NO2. The molecule has 3 nitrogen and oxygen atoms in total. The highest BCUT2D eigenvalue weighted by atomic mass is 79.9. The van der Waals surface area contributed by atoms with E-state index >= 15 is 0 Å². The number of hydrogen-bond donors (Lipinski definition) is 1. The SMILES string of the molecule is O=C(O)Cc1cnc(C(F)F)c(CCl)c1Br. The molecular weight excluding hydrogens is 307 g/mol. The van der Waals surface area contributed by atoms with Crippen LogP contribution in [0.4, 0.5) is 8.78 Å². The molecule has 1 aromatic heterocycles. The van der Waals surface area contributed by atoms with Crippen LogP contribution in [0.2, 0.25) is 0 Å². The first-order chi connectivity index (χ1) is 7.47. The first-order valence-electron chi connectivity index (χ1n) is 4.19. The minimum Gasteiger partial charge on any atom is -0.481 e. The fourth-order valence-corrected chi connectivity index (χ4v) is 2.21. The van der Waals surface area contributed by atoms with Crippen molar-refractivity contribution in [2.75, 3.05) is 0 Å². The third-order valence-corrected chi connectivity index (χ3v) is 3.15. The molecule has 7 heteroatoms. The molecule has 0 fully saturated rings. The number of pyridine rings is 1. The first kappa shape index (κ1) is 13.3. The summed E-state index contributed by atoms with van der Waals surface area (Å²) in [5.41, 5.74) is 0.0407. The van der Waals surface area contributed by atoms with Crippen LogP contribution < -0.4 is 0 Å². The van der Waals surface area contributed by atoms with Crippen molar-refractivity contribution in [1.82, 2.24) is 4.98 Å². The lowest BCUT2D eigenvalue weighted by Crippen LogP contribution is -2.06. The molecule has 0 bridgehead atoms. The molecule has 0 amide bonds. The zero-order valence-electron chi connectivity index (χ0n) is 7.88. The van der Waals surface area contributed by atoms with Crippen molar-refractivity contribution in [3.63, 3.8) is 0 Å². The second-order valence-electron chi connectivity index (χ2n) is 2.97. The quantitative estimate of drug-likeness (QED) is 0.869. The molecule has 0 aliphatic heterocycles. The van der Waals surface area contributed by atoms with Gasteiger partial charge in [-0.05, 0) is 5.56 Å². The maximum Gasteiger partial charge on any atom is 0.307 e. The van der Waals surface area contributed by atoms with E-state index in [0.717, 1.165) is 6.20 Å². The van der Waals surface area contributed by atoms with Gasteiger partial charge in [-0.1, -0.05) is 15.9 Å². The predicted molar refractivity (Wildman–Crippen MR) is 57.8 cm³/mol. The van der Waals surface area contributed by atoms with Crippen molar-refractivity contribution in [2.45, 2.75) is 18.7 Å². The van der Waals surface area contributed by atoms with Gasteiger partial charge in [0, 0.05) is 16.2 Å². The van der Waals surface area contributed by atoms with E-state index in [1.165, 1.54) is 0 Å². The highest BCUT2D eigenvalue weighted by Gasteiger charge is 2.19. The highest BCUT2D eigenvalue weighted by molar-refractivity contribution is 9.10. The van der Waals surface area contributed by atoms with Crippen LogP contribution in [0.15, 0.2) is 10.7 Å². The third-order valence-electron chi connectivity index (χ3n) is 1.90. The number of rotatable bonds is 4. The van der Waals surface area contributed by atoms with Gasteiger partial charge in [-0.15, -0.1) is 11.6 Å². The summed E-state index contributed by atoms with van der Waals surface area (Å²) in [5, 5.41) is 8.60. The fraction of sp³-hybridized carbons (Fsp3) is 0.333. The number of carbonyl (C=O) groups is 1. The normalized spacial score (nSPS) is 10.8. The van der Waals surface area contributed by atoms with Gasteiger partial charge in [0.15, 0.2) is 0 Å². The Kier molecular flexibility index (Phi) is 4.61. The summed E-state index contributed by atoms with van der Waals surface area (Å²) >= 11 is 8.61. The largest absolute Gasteiger partial charge is 0.481 e. The lowest BCUT2D eigenvalue weighted by molar-refractivity contribution is -0.136. The number of aromatic nitrogens is 1. The molecule has 0 saturated carbocycles. The predicted octanol–water partition coefficient (Wildman–Crippen LogP) is 3.15. The Morgan fingerprint density at radius 1 is 1.62 bits per heavy atom. The fourth-order valence-electron chi connectivity index (χ4n) is 1.19. The van der Waals surface area contributed by atoms with Crippen LogP contribution in [0.3, 0.4) is 0 Å². The Labute approximate surface area is 104 Å². The lowest BCUT2D eigenvalue weighted by Gasteiger charge is -2.10. The van der Waals surface area contributed by atoms with Gasteiger partial charge < -0.3 is 5.11 Å². The maximum atomic E-state index is 12.5. The molecule has 0 saturated heterocycles. The first-order valence-corrected chi connectivity index (χ1v) is 5.52. The van der Waals surface area contributed by atoms with E-state index in [1.54, 1.807) is 0 Å². The van der Waals surface area contributed by atoms with Crippen molar-refractivity contribution in [3.05, 3.63) is 27.5 Å². The average Bonchev–Trinajstić information content (AvgIpc) is 2.19. The number of nitrogens with zero attached hydrogens (tertiary/aromatic N) is 1. The summed E-state index contributed by atoms with van der Waals surface area (Å²) < 4.78 is 25.3. The van der Waals surface area contributed by atoms with E-state index in [-0.39, 0.29) is 22.3 Å². The zero-order chi connectivity index (χ0) is 12.3. The minimum atomic E-state index is -2.73. The summed E-state index contributed by atoms with van der Waals surface area (Å²) in [6.07, 6.45) is -1.90. The van der Waals surface area contributed by atoms with Gasteiger partial charge >= 0.3 is 5.97 Å². The van der Waals surface area contributed by atoms with E-state index in [2.05, 4.69) is 20.9 Å². The third kappa shape index (κ3) is 2.89. The van der Waals surface area contributed by atoms with Crippen molar-refractivity contribution >= 4 is 33.5 Å². The molecule has 1 N–H and O–H groups in total. The van der Waals surface area contributed by atoms with Gasteiger partial charge in [-0.2, -0.15) is 0 Å². The van der Waals surface area contributed by atoms with Crippen molar-refractivity contribution in [3.8, 4) is 0 Å². The Balaban J connectivity index is 3.23. The topological polar surface area (TPSA) is 50.2 Å². The van der Waals surface area contributed by atoms with Crippen LogP contribution in [0.25, 0.3) is 0 Å². The molecule has 1 aromatic rings. The van der Waals surface area contributed by atoms with E-state index in [9.17, 15) is 13.6 Å². The van der Waals surface area contributed by atoms with Crippen molar-refractivity contribution in [2.24, 2.45) is 0 Å². The summed E-state index contributed by atoms with van der Waals surface area (Å²) in [6.45, 7) is 0. The summed E-state index contributed by atoms with van der Waals surface area (Å²) in [6, 6.07) is 0. The number of aliphatic carboxylic acids is 1. The average molecular weight is 315 g/mol. The van der Waals surface area contributed by atoms with E-state index in [4.69, 9.17) is 16.7 Å². The summed E-state index contributed by atoms with van der Waals surface area (Å²) in [7, 11) is 0. The number of hydrogen-bond acceptors (Lipinski definition) is 2. The van der Waals surface area contributed by atoms with Gasteiger partial charge in [0.25, 0.3) is 6.43 Å². The van der Waals surface area contributed by atoms with Crippen LogP contribution in [-0.2, 0) is 17.1 Å². The molecule has 0 aliphatic rings. The molecule has 0 radical (unpaired) electrons. The standard InChI is InChI=1S/C9H7BrClF2NO2/c10-7-4(1-6(15)16)3-14-8(9(12)13)5(7)2-11/h3,9H,1-2H2,(H,15,16). The molecule has 0 aliphatic carbocycles. The van der Waals surface area contributed by atoms with Crippen LogP contribution in [0, 0.1) is 0 Å². The Morgan fingerprint density at radius 2 is 2.25 bits per heavy atom. The van der Waals surface area contributed by atoms with Crippen LogP contribution in [0.5, 0.6) is 0 Å². The second kappa shape index (κ2) is 5.54. The van der Waals surface area contributed by atoms with Crippen LogP contribution in [0.1, 0.15) is 23.2 Å². The molecule has 16 heavy (non-hydrogen) atoms. The molecule has 88 valence electrons. The maximum absolute atomic E-state index is 12.5. The lowest BCUT2D eigenvalue weighted by atomic mass is 10.1. The number of halogens is 4. The van der Waals surface area contributed by atoms with Crippen LogP contribution in [-0.4, -0.2) is 16.1 Å². The summed E-state index contributed by atoms with van der Waals surface area (Å²) in [4.78, 5) is 14.0. The van der Waals surface area contributed by atoms with Gasteiger partial charge in [-0.3, -0.25) is 9.78 Å². The summed E-state index contributed by atoms with van der Waals surface area (Å²) in [5.74, 6) is -1.21. The molecule has 0 unspecified atom stereocenters. The van der Waals surface area contributed by atoms with E-state index in [1.807, 2.05) is 0 Å². The second-order valence-corrected chi connectivity index (χ2v) is 4.03. The highest BCUT2D eigenvalue weighted by Crippen LogP contribution is 2.30. The van der Waals surface area contributed by atoms with Gasteiger partial charge in [0.1, 0.15) is 5.69 Å². The van der Waals surface area contributed by atoms with E-state index < -0.39 is 18.1 Å². The van der Waals surface area contributed by atoms with Crippen molar-refractivity contribution in [1.29, 1.82) is 0 Å². The molecule has 1 rings (SSSR count). The van der Waals surface area contributed by atoms with Crippen LogP contribution >= 0.6 is 27.5 Å². The minimum absolute atomic E-state index is 0.135. The molecule has 0 atom stereocenters. The zero-order valence-corrected chi connectivity index (χ0v) is 10.2. The monoisotopic (exact) mass is 313 g/mol. The Morgan fingerprint density at radius 3 is 2.69 bits per heavy atom. The Hall–Kier alpha value is -0.750. The number of carboxylic acids is 1. The number of carboxylic acid groups (broad SMARTS) is 1. The van der Waals surface area contributed by atoms with Gasteiger partial charge in [0.05, 0.1) is 12.3 Å². The smallest absolute Gasteiger partial charge is 0.307 e. The van der Waals surface area contributed by atoms with Gasteiger partial charge in [-0.25, -0.2) is 8.78 Å². The van der Waals surface area contributed by atoms with Crippen molar-refractivity contribution < 1.29 is 18.7 Å². The van der Waals surface area contributed by atoms with E-state index in [0.29, 0.717) is 5.56 Å². The molecule has 1 heterocycles.